The number of aromatic amines is 1. The van der Waals surface area contributed by atoms with E-state index in [-0.39, 0.29) is 5.56 Å². The lowest BCUT2D eigenvalue weighted by Crippen LogP contribution is -2.19. The quantitative estimate of drug-likeness (QED) is 0.578. The molecule has 0 radical (unpaired) electrons. The number of hydrogen-bond donors (Lipinski definition) is 2. The van der Waals surface area contributed by atoms with Gasteiger partial charge in [0, 0.05) is 22.7 Å². The third-order valence-corrected chi connectivity index (χ3v) is 7.25. The number of carbonyl (C=O) groups is 2. The average molecular weight is 452 g/mol. The second kappa shape index (κ2) is 7.03. The zero-order valence-electron chi connectivity index (χ0n) is 14.8. The summed E-state index contributed by atoms with van der Waals surface area (Å²) in [6.07, 6.45) is -3.20. The van der Waals surface area contributed by atoms with Crippen molar-refractivity contribution in [2.75, 3.05) is 0 Å². The fourth-order valence-corrected chi connectivity index (χ4v) is 5.80. The van der Waals surface area contributed by atoms with E-state index < -0.39 is 47.4 Å². The molecule has 30 heavy (non-hydrogen) atoms. The van der Waals surface area contributed by atoms with Gasteiger partial charge in [-0.3, -0.25) is 14.9 Å². The maximum atomic E-state index is 13.5. The number of aromatic nitrogens is 1. The number of nitrogens with one attached hydrogen (secondary N) is 2. The van der Waals surface area contributed by atoms with Gasteiger partial charge in [-0.25, -0.2) is 8.42 Å². The highest BCUT2D eigenvalue weighted by atomic mass is 32.2. The number of amides is 2. The lowest BCUT2D eigenvalue weighted by Gasteiger charge is -2.14. The maximum Gasteiger partial charge on any atom is 0.416 e. The summed E-state index contributed by atoms with van der Waals surface area (Å²) in [7, 11) is -4.61. The Morgan fingerprint density at radius 3 is 2.40 bits per heavy atom. The van der Waals surface area contributed by atoms with Crippen LogP contribution in [-0.2, 0) is 20.8 Å². The van der Waals surface area contributed by atoms with Crippen molar-refractivity contribution in [3.8, 4) is 0 Å². The molecule has 1 saturated heterocycles. The third kappa shape index (κ3) is 3.39. The van der Waals surface area contributed by atoms with E-state index in [0.29, 0.717) is 28.7 Å². The number of H-pyrrole nitrogens is 1. The zero-order chi connectivity index (χ0) is 21.7. The Balaban J connectivity index is 2.03. The lowest BCUT2D eigenvalue weighted by atomic mass is 10.1. The van der Waals surface area contributed by atoms with E-state index in [0.717, 1.165) is 18.2 Å². The van der Waals surface area contributed by atoms with Gasteiger partial charge in [0.05, 0.1) is 15.4 Å². The van der Waals surface area contributed by atoms with Crippen molar-refractivity contribution in [3.05, 3.63) is 70.8 Å². The van der Waals surface area contributed by atoms with Gasteiger partial charge in [0.15, 0.2) is 0 Å². The zero-order valence-corrected chi connectivity index (χ0v) is 16.4. The molecule has 3 aromatic rings. The normalized spacial score (nSPS) is 16.8. The predicted molar refractivity (Wildman–Crippen MR) is 105 cm³/mol. The molecule has 154 valence electrons. The van der Waals surface area contributed by atoms with Crippen molar-refractivity contribution in [2.45, 2.75) is 11.1 Å². The fraction of sp³-hybridized carbons (Fsp3) is 0.0526. The van der Waals surface area contributed by atoms with Crippen molar-refractivity contribution in [2.24, 2.45) is 0 Å². The smallest absolute Gasteiger partial charge is 0.361 e. The Morgan fingerprint density at radius 2 is 1.73 bits per heavy atom. The van der Waals surface area contributed by atoms with Crippen molar-refractivity contribution in [3.63, 3.8) is 0 Å². The van der Waals surface area contributed by atoms with Gasteiger partial charge >= 0.3 is 6.18 Å². The molecule has 11 heteroatoms. The Hall–Kier alpha value is -3.05. The molecule has 4 rings (SSSR count). The van der Waals surface area contributed by atoms with Crippen LogP contribution in [0.15, 0.2) is 64.5 Å². The van der Waals surface area contributed by atoms with Crippen molar-refractivity contribution >= 4 is 48.6 Å². The lowest BCUT2D eigenvalue weighted by molar-refractivity contribution is -0.137. The molecule has 0 atom stereocenters. The Kier molecular flexibility index (Phi) is 4.74. The summed E-state index contributed by atoms with van der Waals surface area (Å²) >= 11 is 0.387. The predicted octanol–water partition coefficient (Wildman–Crippen LogP) is 4.31. The van der Waals surface area contributed by atoms with E-state index in [1.54, 1.807) is 18.3 Å². The van der Waals surface area contributed by atoms with Gasteiger partial charge in [-0.1, -0.05) is 18.2 Å². The molecule has 0 unspecified atom stereocenters. The SMILES string of the molecule is O=C1NC(=O)/C(=C(\c2cccc3[nH]ccc23)S(=O)(=O)c2cccc(C(F)(F)F)c2)S1. The number of thioether (sulfide) groups is 1. The number of imide groups is 1. The molecule has 0 spiro atoms. The van der Waals surface area contributed by atoms with Gasteiger partial charge in [-0.15, -0.1) is 0 Å². The minimum absolute atomic E-state index is 0.0958. The first-order chi connectivity index (χ1) is 14.1. The van der Waals surface area contributed by atoms with Crippen molar-refractivity contribution in [1.82, 2.24) is 10.3 Å². The van der Waals surface area contributed by atoms with Gasteiger partial charge in [0.2, 0.25) is 9.84 Å². The van der Waals surface area contributed by atoms with Crippen LogP contribution in [0.1, 0.15) is 11.1 Å². The van der Waals surface area contributed by atoms with Crippen molar-refractivity contribution in [1.29, 1.82) is 0 Å². The summed E-state index contributed by atoms with van der Waals surface area (Å²) in [5.41, 5.74) is -0.495. The minimum Gasteiger partial charge on any atom is -0.361 e. The van der Waals surface area contributed by atoms with Crippen LogP contribution in [-0.4, -0.2) is 24.5 Å². The molecule has 2 heterocycles. The average Bonchev–Trinajstić information content (AvgIpc) is 3.28. The van der Waals surface area contributed by atoms with E-state index in [9.17, 15) is 31.2 Å². The monoisotopic (exact) mass is 452 g/mol. The summed E-state index contributed by atoms with van der Waals surface area (Å²) < 4.78 is 66.4. The van der Waals surface area contributed by atoms with E-state index in [4.69, 9.17) is 0 Å². The Bertz CT molecular complexity index is 1340. The molecular weight excluding hydrogens is 441 g/mol. The second-order valence-electron chi connectivity index (χ2n) is 6.28. The fourth-order valence-electron chi connectivity index (χ4n) is 3.09. The molecule has 2 aromatic carbocycles. The molecule has 0 bridgehead atoms. The number of fused-ring (bicyclic) bond motifs is 1. The van der Waals surface area contributed by atoms with Gasteiger partial charge in [0.25, 0.3) is 11.1 Å². The highest BCUT2D eigenvalue weighted by molar-refractivity contribution is 8.19. The van der Waals surface area contributed by atoms with Gasteiger partial charge < -0.3 is 4.98 Å². The van der Waals surface area contributed by atoms with Crippen LogP contribution in [0.3, 0.4) is 0 Å². The number of benzene rings is 2. The number of halogens is 3. The summed E-state index contributed by atoms with van der Waals surface area (Å²) in [6, 6.07) is 9.46. The molecular formula is C19H11F3N2O4S2. The first kappa shape index (κ1) is 20.2. The highest BCUT2D eigenvalue weighted by Crippen LogP contribution is 2.41. The van der Waals surface area contributed by atoms with E-state index >= 15 is 0 Å². The molecule has 6 nitrogen and oxygen atoms in total. The summed E-state index contributed by atoms with van der Waals surface area (Å²) in [5, 5.41) is 1.66. The second-order valence-corrected chi connectivity index (χ2v) is 9.15. The number of rotatable bonds is 3. The highest BCUT2D eigenvalue weighted by Gasteiger charge is 2.38. The molecule has 1 aliphatic rings. The molecule has 1 aromatic heterocycles. The molecule has 1 aliphatic heterocycles. The first-order valence-electron chi connectivity index (χ1n) is 8.35. The standard InChI is InChI=1S/C19H11F3N2O4S2/c20-19(21,22)10-3-1-4-11(9-10)30(27,28)16(15-17(25)24-18(26)29-15)13-5-2-6-14-12(13)7-8-23-14/h1-9,23H,(H,24,25,26)/b16-15-. The minimum atomic E-state index is -4.76. The van der Waals surface area contributed by atoms with E-state index in [1.165, 1.54) is 12.1 Å². The number of carbonyl (C=O) groups excluding carboxylic acids is 2. The van der Waals surface area contributed by atoms with Crippen LogP contribution in [0.4, 0.5) is 18.0 Å². The van der Waals surface area contributed by atoms with Gasteiger partial charge in [0.1, 0.15) is 4.91 Å². The molecule has 0 aliphatic carbocycles. The molecule has 2 N–H and O–H groups in total. The third-order valence-electron chi connectivity index (χ3n) is 4.40. The Labute approximate surface area is 172 Å². The van der Waals surface area contributed by atoms with Crippen LogP contribution >= 0.6 is 11.8 Å². The van der Waals surface area contributed by atoms with E-state index in [2.05, 4.69) is 4.98 Å². The largest absolute Gasteiger partial charge is 0.416 e. The van der Waals surface area contributed by atoms with Crippen LogP contribution in [0.5, 0.6) is 0 Å². The summed E-state index contributed by atoms with van der Waals surface area (Å²) in [5.74, 6) is -0.928. The maximum absolute atomic E-state index is 13.5. The topological polar surface area (TPSA) is 96.1 Å². The van der Waals surface area contributed by atoms with Crippen LogP contribution in [0, 0.1) is 0 Å². The Morgan fingerprint density at radius 1 is 1.00 bits per heavy atom. The molecule has 2 amide bonds. The summed E-state index contributed by atoms with van der Waals surface area (Å²) in [6.45, 7) is 0. The number of hydrogen-bond acceptors (Lipinski definition) is 5. The first-order valence-corrected chi connectivity index (χ1v) is 10.7. The van der Waals surface area contributed by atoms with E-state index in [1.807, 2.05) is 5.32 Å². The van der Waals surface area contributed by atoms with Gasteiger partial charge in [-0.05, 0) is 42.1 Å². The summed E-state index contributed by atoms with van der Waals surface area (Å²) in [4.78, 5) is 25.4. The van der Waals surface area contributed by atoms with Crippen LogP contribution < -0.4 is 5.32 Å². The van der Waals surface area contributed by atoms with Crippen LogP contribution in [0.25, 0.3) is 15.8 Å². The molecule has 1 fully saturated rings. The molecule has 0 saturated carbocycles. The van der Waals surface area contributed by atoms with Crippen LogP contribution in [0.2, 0.25) is 0 Å². The number of sulfone groups is 1. The van der Waals surface area contributed by atoms with Gasteiger partial charge in [-0.2, -0.15) is 13.2 Å². The van der Waals surface area contributed by atoms with Crippen molar-refractivity contribution < 1.29 is 31.2 Å². The number of alkyl halides is 3.